The first-order chi connectivity index (χ1) is 11.8. The number of halogens is 3. The van der Waals surface area contributed by atoms with E-state index in [0.29, 0.717) is 13.0 Å². The van der Waals surface area contributed by atoms with Gasteiger partial charge in [0.2, 0.25) is 0 Å². The Bertz CT molecular complexity index is 477. The van der Waals surface area contributed by atoms with Crippen LogP contribution in [0.5, 0.6) is 0 Å². The number of hydrogen-bond acceptors (Lipinski definition) is 4. The van der Waals surface area contributed by atoms with E-state index in [1.54, 1.807) is 6.92 Å². The number of hydrogen-bond donors (Lipinski definition) is 0. The second-order valence-electron chi connectivity index (χ2n) is 7.08. The van der Waals surface area contributed by atoms with E-state index in [9.17, 15) is 9.59 Å². The summed E-state index contributed by atoms with van der Waals surface area (Å²) < 4.78 is 11.0. The van der Waals surface area contributed by atoms with Gasteiger partial charge in [-0.3, -0.25) is 9.59 Å². The summed E-state index contributed by atoms with van der Waals surface area (Å²) in [5.74, 6) is -0.0233. The highest BCUT2D eigenvalue weighted by Crippen LogP contribution is 2.53. The summed E-state index contributed by atoms with van der Waals surface area (Å²) in [4.78, 5) is 25.0. The van der Waals surface area contributed by atoms with Crippen molar-refractivity contribution in [1.82, 2.24) is 0 Å². The molecule has 1 saturated carbocycles. The zero-order chi connectivity index (χ0) is 18.6. The lowest BCUT2D eigenvalue weighted by atomic mass is 9.72. The summed E-state index contributed by atoms with van der Waals surface area (Å²) in [6, 6.07) is 0. The predicted molar refractivity (Wildman–Crippen MR) is 108 cm³/mol. The lowest BCUT2D eigenvalue weighted by molar-refractivity contribution is -0.173. The first-order valence-corrected chi connectivity index (χ1v) is 11.6. The molecule has 2 bridgehead atoms. The van der Waals surface area contributed by atoms with Crippen LogP contribution in [0.1, 0.15) is 58.8 Å². The standard InChI is InChI=1S/C18H27Br3O4/c1-3-5-6-12(17(23)24-4-2)10-14(22)16-11-7-8-15(25-16)13(9-11)18(19,20)21/h11-13,15-16H,3-10H2,1-2H3. The Morgan fingerprint density at radius 2 is 1.96 bits per heavy atom. The monoisotopic (exact) mass is 544 g/mol. The molecule has 7 heteroatoms. The summed E-state index contributed by atoms with van der Waals surface area (Å²) in [6.45, 7) is 4.24. The summed E-state index contributed by atoms with van der Waals surface area (Å²) in [5.41, 5.74) is 0. The van der Waals surface area contributed by atoms with Crippen molar-refractivity contribution in [3.05, 3.63) is 0 Å². The van der Waals surface area contributed by atoms with Gasteiger partial charge in [0, 0.05) is 12.3 Å². The third-order valence-corrected chi connectivity index (χ3v) is 7.05. The maximum absolute atomic E-state index is 12.9. The third-order valence-electron chi connectivity index (χ3n) is 5.29. The number of rotatable bonds is 8. The highest BCUT2D eigenvalue weighted by atomic mass is 80.0. The lowest BCUT2D eigenvalue weighted by Gasteiger charge is -2.49. The van der Waals surface area contributed by atoms with Crippen LogP contribution in [0.4, 0.5) is 0 Å². The van der Waals surface area contributed by atoms with E-state index in [0.717, 1.165) is 32.1 Å². The van der Waals surface area contributed by atoms with Crippen LogP contribution in [0.25, 0.3) is 0 Å². The van der Waals surface area contributed by atoms with Gasteiger partial charge < -0.3 is 9.47 Å². The van der Waals surface area contributed by atoms with E-state index < -0.39 is 0 Å². The van der Waals surface area contributed by atoms with E-state index in [2.05, 4.69) is 54.7 Å². The molecule has 0 aromatic carbocycles. The molecule has 5 atom stereocenters. The Balaban J connectivity index is 1.99. The molecule has 0 aromatic heterocycles. The fourth-order valence-corrected chi connectivity index (χ4v) is 5.41. The van der Waals surface area contributed by atoms with Crippen molar-refractivity contribution >= 4 is 59.5 Å². The number of fused-ring (bicyclic) bond motifs is 3. The molecule has 3 rings (SSSR count). The van der Waals surface area contributed by atoms with Gasteiger partial charge >= 0.3 is 5.97 Å². The molecule has 144 valence electrons. The molecule has 0 amide bonds. The normalized spacial score (nSPS) is 30.1. The van der Waals surface area contributed by atoms with Gasteiger partial charge in [-0.1, -0.05) is 67.6 Å². The van der Waals surface area contributed by atoms with Crippen molar-refractivity contribution in [3.63, 3.8) is 0 Å². The second kappa shape index (κ2) is 9.65. The molecule has 5 unspecified atom stereocenters. The number of esters is 1. The Morgan fingerprint density at radius 1 is 1.24 bits per heavy atom. The van der Waals surface area contributed by atoms with Gasteiger partial charge in [0.25, 0.3) is 0 Å². The largest absolute Gasteiger partial charge is 0.466 e. The number of Topliss-reactive ketones (excluding diaryl/α,β-unsaturated/α-hetero) is 1. The molecule has 1 aliphatic carbocycles. The van der Waals surface area contributed by atoms with Gasteiger partial charge in [0.05, 0.1) is 18.6 Å². The maximum atomic E-state index is 12.9. The molecular weight excluding hydrogens is 520 g/mol. The minimum absolute atomic E-state index is 0.0498. The summed E-state index contributed by atoms with van der Waals surface area (Å²) in [6.07, 6.45) is 5.47. The zero-order valence-electron chi connectivity index (χ0n) is 14.8. The number of carbonyl (C=O) groups is 2. The minimum atomic E-state index is -0.372. The molecule has 3 aliphatic rings. The average Bonchev–Trinajstić information content (AvgIpc) is 2.58. The van der Waals surface area contributed by atoms with Crippen molar-refractivity contribution in [1.29, 1.82) is 0 Å². The number of ketones is 1. The van der Waals surface area contributed by atoms with Crippen LogP contribution in [-0.2, 0) is 19.1 Å². The Kier molecular flexibility index (Phi) is 8.43. The molecule has 0 aromatic rings. The van der Waals surface area contributed by atoms with Crippen molar-refractivity contribution in [2.45, 2.75) is 73.1 Å². The van der Waals surface area contributed by atoms with Crippen LogP contribution in [0.15, 0.2) is 0 Å². The van der Waals surface area contributed by atoms with E-state index >= 15 is 0 Å². The molecule has 4 nitrogen and oxygen atoms in total. The number of ether oxygens (including phenoxy) is 2. The third kappa shape index (κ3) is 5.76. The minimum Gasteiger partial charge on any atom is -0.466 e. The lowest BCUT2D eigenvalue weighted by Crippen LogP contribution is -2.53. The molecule has 25 heavy (non-hydrogen) atoms. The number of alkyl halides is 3. The number of unbranched alkanes of at least 4 members (excludes halogenated alkanes) is 1. The smallest absolute Gasteiger partial charge is 0.309 e. The van der Waals surface area contributed by atoms with E-state index in [-0.39, 0.29) is 50.3 Å². The number of carbonyl (C=O) groups excluding carboxylic acids is 2. The van der Waals surface area contributed by atoms with Crippen LogP contribution in [0, 0.1) is 17.8 Å². The molecule has 2 saturated heterocycles. The van der Waals surface area contributed by atoms with Gasteiger partial charge in [0.15, 0.2) is 5.78 Å². The van der Waals surface area contributed by atoms with E-state index in [1.807, 2.05) is 0 Å². The topological polar surface area (TPSA) is 52.6 Å². The van der Waals surface area contributed by atoms with Crippen LogP contribution >= 0.6 is 47.8 Å². The molecule has 0 radical (unpaired) electrons. The van der Waals surface area contributed by atoms with Crippen molar-refractivity contribution < 1.29 is 19.1 Å². The molecule has 0 spiro atoms. The highest BCUT2D eigenvalue weighted by Gasteiger charge is 2.51. The maximum Gasteiger partial charge on any atom is 0.309 e. The molecule has 2 heterocycles. The van der Waals surface area contributed by atoms with Crippen molar-refractivity contribution in [2.24, 2.45) is 17.8 Å². The Morgan fingerprint density at radius 3 is 2.48 bits per heavy atom. The van der Waals surface area contributed by atoms with Crippen LogP contribution in [-0.4, -0.2) is 32.7 Å². The van der Waals surface area contributed by atoms with Gasteiger partial charge in [0.1, 0.15) is 8.25 Å². The first-order valence-electron chi connectivity index (χ1n) is 9.19. The van der Waals surface area contributed by atoms with Crippen LogP contribution < -0.4 is 0 Å². The van der Waals surface area contributed by atoms with Gasteiger partial charge in [-0.25, -0.2) is 0 Å². The SMILES string of the molecule is CCCCC(CC(=O)C1OC2CCC1CC2C(Br)(Br)Br)C(=O)OCC. The van der Waals surface area contributed by atoms with Gasteiger partial charge in [-0.15, -0.1) is 0 Å². The average molecular weight is 547 g/mol. The Labute approximate surface area is 175 Å². The summed E-state index contributed by atoms with van der Waals surface area (Å²) >= 11 is 10.8. The quantitative estimate of drug-likeness (QED) is 0.305. The van der Waals surface area contributed by atoms with Crippen molar-refractivity contribution in [2.75, 3.05) is 6.61 Å². The zero-order valence-corrected chi connectivity index (χ0v) is 19.6. The molecule has 2 aliphatic heterocycles. The molecule has 3 fully saturated rings. The first kappa shape index (κ1) is 21.8. The Hall–Kier alpha value is 0.540. The fourth-order valence-electron chi connectivity index (χ4n) is 3.97. The van der Waals surface area contributed by atoms with E-state index in [4.69, 9.17) is 9.47 Å². The molecular formula is C18H27Br3O4. The summed E-state index contributed by atoms with van der Waals surface area (Å²) in [7, 11) is 0. The van der Waals surface area contributed by atoms with E-state index in [1.165, 1.54) is 0 Å². The van der Waals surface area contributed by atoms with Gasteiger partial charge in [-0.2, -0.15) is 0 Å². The highest BCUT2D eigenvalue weighted by molar-refractivity contribution is 9.39. The predicted octanol–water partition coefficient (Wildman–Crippen LogP) is 5.34. The van der Waals surface area contributed by atoms with Crippen molar-refractivity contribution in [3.8, 4) is 0 Å². The summed E-state index contributed by atoms with van der Waals surface area (Å²) in [5, 5.41) is 0. The van der Waals surface area contributed by atoms with Gasteiger partial charge in [-0.05, 0) is 38.5 Å². The van der Waals surface area contributed by atoms with Crippen LogP contribution in [0.2, 0.25) is 0 Å². The fraction of sp³-hybridized carbons (Fsp3) is 0.889. The molecule has 0 N–H and O–H groups in total. The second-order valence-corrected chi connectivity index (χ2v) is 14.0. The van der Waals surface area contributed by atoms with Crippen LogP contribution in [0.3, 0.4) is 0 Å².